The molecular weight excluding hydrogens is 328 g/mol. The molecule has 1 N–H and O–H groups in total. The van der Waals surface area contributed by atoms with Crippen molar-refractivity contribution in [2.24, 2.45) is 0 Å². The standard InChI is InChI=1S/C18H17F2N3O2/c1-11-8-22-17-14(4-3-5-15(17)24-2)16(11)23-9-12-6-7-13(10-21-12)25-18(19)20/h3-8,10,18H,9H2,1-2H3,(H,22,23). The molecule has 2 aromatic heterocycles. The minimum absolute atomic E-state index is 0.0361. The summed E-state index contributed by atoms with van der Waals surface area (Å²) in [5.74, 6) is 0.737. The quantitative estimate of drug-likeness (QED) is 0.727. The topological polar surface area (TPSA) is 56.3 Å². The highest BCUT2D eigenvalue weighted by Gasteiger charge is 2.10. The molecule has 0 radical (unpaired) electrons. The molecule has 2 heterocycles. The molecule has 0 bridgehead atoms. The number of fused-ring (bicyclic) bond motifs is 1. The Balaban J connectivity index is 1.82. The summed E-state index contributed by atoms with van der Waals surface area (Å²) in [6.45, 7) is -0.459. The maximum Gasteiger partial charge on any atom is 0.387 e. The van der Waals surface area contributed by atoms with Crippen LogP contribution in [0.2, 0.25) is 0 Å². The Labute approximate surface area is 143 Å². The minimum atomic E-state index is -2.86. The molecule has 0 atom stereocenters. The summed E-state index contributed by atoms with van der Waals surface area (Å²) in [6.07, 6.45) is 3.06. The monoisotopic (exact) mass is 345 g/mol. The third-order valence-corrected chi connectivity index (χ3v) is 3.74. The Kier molecular flexibility index (Phi) is 4.92. The first-order valence-electron chi connectivity index (χ1n) is 7.64. The molecular formula is C18H17F2N3O2. The van der Waals surface area contributed by atoms with Crippen LogP contribution in [0.3, 0.4) is 0 Å². The molecule has 3 aromatic rings. The number of hydrogen-bond donors (Lipinski definition) is 1. The third-order valence-electron chi connectivity index (χ3n) is 3.74. The zero-order valence-electron chi connectivity index (χ0n) is 13.8. The van der Waals surface area contributed by atoms with Gasteiger partial charge in [0.2, 0.25) is 0 Å². The zero-order valence-corrected chi connectivity index (χ0v) is 13.8. The maximum absolute atomic E-state index is 12.2. The van der Waals surface area contributed by atoms with Gasteiger partial charge in [0.1, 0.15) is 17.0 Å². The predicted molar refractivity (Wildman–Crippen MR) is 91.2 cm³/mol. The Morgan fingerprint density at radius 3 is 2.64 bits per heavy atom. The molecule has 1 aromatic carbocycles. The fourth-order valence-corrected chi connectivity index (χ4v) is 2.56. The average molecular weight is 345 g/mol. The van der Waals surface area contributed by atoms with E-state index in [0.29, 0.717) is 18.0 Å². The van der Waals surface area contributed by atoms with Crippen LogP contribution >= 0.6 is 0 Å². The van der Waals surface area contributed by atoms with Crippen molar-refractivity contribution in [2.75, 3.05) is 12.4 Å². The molecule has 0 unspecified atom stereocenters. The van der Waals surface area contributed by atoms with Gasteiger partial charge in [-0.05, 0) is 30.7 Å². The molecule has 5 nitrogen and oxygen atoms in total. The summed E-state index contributed by atoms with van der Waals surface area (Å²) < 4.78 is 34.0. The number of aryl methyl sites for hydroxylation is 1. The van der Waals surface area contributed by atoms with Crippen LogP contribution in [0.1, 0.15) is 11.3 Å². The van der Waals surface area contributed by atoms with Gasteiger partial charge in [-0.2, -0.15) is 8.78 Å². The summed E-state index contributed by atoms with van der Waals surface area (Å²) in [6, 6.07) is 8.84. The largest absolute Gasteiger partial charge is 0.494 e. The first kappa shape index (κ1) is 16.9. The van der Waals surface area contributed by atoms with Gasteiger partial charge in [0.05, 0.1) is 25.5 Å². The highest BCUT2D eigenvalue weighted by Crippen LogP contribution is 2.31. The third kappa shape index (κ3) is 3.76. The summed E-state index contributed by atoms with van der Waals surface area (Å²) in [5.41, 5.74) is 3.39. The molecule has 0 aliphatic heterocycles. The van der Waals surface area contributed by atoms with Gasteiger partial charge in [0.15, 0.2) is 0 Å². The van der Waals surface area contributed by atoms with Crippen LogP contribution in [0.4, 0.5) is 14.5 Å². The van der Waals surface area contributed by atoms with Crippen LogP contribution in [0.15, 0.2) is 42.7 Å². The molecule has 25 heavy (non-hydrogen) atoms. The Morgan fingerprint density at radius 2 is 1.96 bits per heavy atom. The second kappa shape index (κ2) is 7.29. The number of pyridine rings is 2. The summed E-state index contributed by atoms with van der Waals surface area (Å²) in [7, 11) is 1.61. The number of nitrogens with zero attached hydrogens (tertiary/aromatic N) is 2. The van der Waals surface area contributed by atoms with E-state index in [2.05, 4.69) is 20.0 Å². The smallest absolute Gasteiger partial charge is 0.387 e. The second-order valence-electron chi connectivity index (χ2n) is 5.39. The van der Waals surface area contributed by atoms with Crippen molar-refractivity contribution < 1.29 is 18.3 Å². The van der Waals surface area contributed by atoms with Crippen molar-refractivity contribution in [1.29, 1.82) is 0 Å². The molecule has 0 amide bonds. The minimum Gasteiger partial charge on any atom is -0.494 e. The number of methoxy groups -OCH3 is 1. The van der Waals surface area contributed by atoms with Crippen LogP contribution < -0.4 is 14.8 Å². The summed E-state index contributed by atoms with van der Waals surface area (Å²) in [5, 5.41) is 4.28. The van der Waals surface area contributed by atoms with E-state index in [1.807, 2.05) is 25.1 Å². The van der Waals surface area contributed by atoms with Gasteiger partial charge in [0, 0.05) is 17.3 Å². The molecule has 130 valence electrons. The van der Waals surface area contributed by atoms with Crippen molar-refractivity contribution in [2.45, 2.75) is 20.1 Å². The number of aromatic nitrogens is 2. The fourth-order valence-electron chi connectivity index (χ4n) is 2.56. The van der Waals surface area contributed by atoms with Crippen molar-refractivity contribution in [3.8, 4) is 11.5 Å². The lowest BCUT2D eigenvalue weighted by Gasteiger charge is -2.14. The van der Waals surface area contributed by atoms with Crippen LogP contribution in [-0.4, -0.2) is 23.7 Å². The number of anilines is 1. The Hall–Kier alpha value is -2.96. The summed E-state index contributed by atoms with van der Waals surface area (Å²) >= 11 is 0. The summed E-state index contributed by atoms with van der Waals surface area (Å²) in [4.78, 5) is 8.57. The number of para-hydroxylation sites is 1. The van der Waals surface area contributed by atoms with Crippen LogP contribution in [0, 0.1) is 6.92 Å². The molecule has 0 aliphatic carbocycles. The molecule has 0 fully saturated rings. The van der Waals surface area contributed by atoms with E-state index in [0.717, 1.165) is 22.2 Å². The van der Waals surface area contributed by atoms with Gasteiger partial charge in [0.25, 0.3) is 0 Å². The van der Waals surface area contributed by atoms with E-state index in [9.17, 15) is 8.78 Å². The van der Waals surface area contributed by atoms with Gasteiger partial charge >= 0.3 is 6.61 Å². The molecule has 0 aliphatic rings. The lowest BCUT2D eigenvalue weighted by Crippen LogP contribution is -2.06. The van der Waals surface area contributed by atoms with Gasteiger partial charge in [-0.15, -0.1) is 0 Å². The normalized spacial score (nSPS) is 10.9. The van der Waals surface area contributed by atoms with Crippen LogP contribution in [0.25, 0.3) is 10.9 Å². The highest BCUT2D eigenvalue weighted by molar-refractivity contribution is 5.96. The van der Waals surface area contributed by atoms with Crippen molar-refractivity contribution >= 4 is 16.6 Å². The number of hydrogen-bond acceptors (Lipinski definition) is 5. The Bertz CT molecular complexity index is 870. The number of nitrogens with one attached hydrogen (secondary N) is 1. The van der Waals surface area contributed by atoms with Crippen LogP contribution in [-0.2, 0) is 6.54 Å². The molecule has 0 spiro atoms. The maximum atomic E-state index is 12.2. The van der Waals surface area contributed by atoms with E-state index >= 15 is 0 Å². The number of rotatable bonds is 6. The number of halogens is 2. The number of alkyl halides is 2. The lowest BCUT2D eigenvalue weighted by molar-refractivity contribution is -0.0500. The first-order valence-corrected chi connectivity index (χ1v) is 7.64. The number of benzene rings is 1. The SMILES string of the molecule is COc1cccc2c(NCc3ccc(OC(F)F)cn3)c(C)cnc12. The molecule has 0 saturated heterocycles. The number of ether oxygens (including phenoxy) is 2. The van der Waals surface area contributed by atoms with Gasteiger partial charge in [-0.3, -0.25) is 9.97 Å². The van der Waals surface area contributed by atoms with Gasteiger partial charge in [-0.1, -0.05) is 12.1 Å². The van der Waals surface area contributed by atoms with Gasteiger partial charge < -0.3 is 14.8 Å². The van der Waals surface area contributed by atoms with E-state index in [1.165, 1.54) is 12.3 Å². The Morgan fingerprint density at radius 1 is 1.12 bits per heavy atom. The van der Waals surface area contributed by atoms with E-state index in [1.54, 1.807) is 19.4 Å². The highest BCUT2D eigenvalue weighted by atomic mass is 19.3. The zero-order chi connectivity index (χ0) is 17.8. The molecule has 0 saturated carbocycles. The fraction of sp³-hybridized carbons (Fsp3) is 0.222. The predicted octanol–water partition coefficient (Wildman–Crippen LogP) is 4.16. The lowest BCUT2D eigenvalue weighted by atomic mass is 10.1. The van der Waals surface area contributed by atoms with Crippen LogP contribution in [0.5, 0.6) is 11.5 Å². The van der Waals surface area contributed by atoms with E-state index < -0.39 is 6.61 Å². The first-order chi connectivity index (χ1) is 12.1. The average Bonchev–Trinajstić information content (AvgIpc) is 2.61. The van der Waals surface area contributed by atoms with E-state index in [4.69, 9.17) is 4.74 Å². The van der Waals surface area contributed by atoms with Crippen molar-refractivity contribution in [3.63, 3.8) is 0 Å². The second-order valence-corrected chi connectivity index (χ2v) is 5.39. The van der Waals surface area contributed by atoms with Crippen molar-refractivity contribution in [1.82, 2.24) is 9.97 Å². The van der Waals surface area contributed by atoms with E-state index in [-0.39, 0.29) is 5.75 Å². The van der Waals surface area contributed by atoms with Crippen molar-refractivity contribution in [3.05, 3.63) is 54.0 Å². The molecule has 7 heteroatoms. The molecule has 3 rings (SSSR count). The van der Waals surface area contributed by atoms with Gasteiger partial charge in [-0.25, -0.2) is 0 Å².